The standard InChI is InChI=1S/C17H13N3O3S/c21-15(20-14-7-2-1-6-13(14)16(22)23)11-4-3-5-12(10-11)19-17-18-8-9-24-17/h1-10H,(H,18,19)(H,20,21)(H,22,23). The summed E-state index contributed by atoms with van der Waals surface area (Å²) in [7, 11) is 0. The van der Waals surface area contributed by atoms with Crippen molar-refractivity contribution >= 4 is 39.7 Å². The van der Waals surface area contributed by atoms with E-state index in [1.54, 1.807) is 42.6 Å². The monoisotopic (exact) mass is 339 g/mol. The molecule has 0 radical (unpaired) electrons. The molecule has 0 bridgehead atoms. The van der Waals surface area contributed by atoms with Crippen LogP contribution in [0.3, 0.4) is 0 Å². The van der Waals surface area contributed by atoms with Gasteiger partial charge in [0, 0.05) is 22.8 Å². The minimum Gasteiger partial charge on any atom is -0.478 e. The van der Waals surface area contributed by atoms with E-state index in [1.165, 1.54) is 17.4 Å². The van der Waals surface area contributed by atoms with Crippen molar-refractivity contribution in [3.63, 3.8) is 0 Å². The van der Waals surface area contributed by atoms with Crippen LogP contribution in [0.2, 0.25) is 0 Å². The molecular weight excluding hydrogens is 326 g/mol. The van der Waals surface area contributed by atoms with Gasteiger partial charge in [0.15, 0.2) is 5.13 Å². The van der Waals surface area contributed by atoms with Crippen molar-refractivity contribution in [2.24, 2.45) is 0 Å². The highest BCUT2D eigenvalue weighted by atomic mass is 32.1. The molecule has 3 N–H and O–H groups in total. The number of aromatic carboxylic acids is 1. The van der Waals surface area contributed by atoms with Gasteiger partial charge in [-0.25, -0.2) is 9.78 Å². The Morgan fingerprint density at radius 1 is 1.08 bits per heavy atom. The van der Waals surface area contributed by atoms with E-state index in [2.05, 4.69) is 15.6 Å². The Balaban J connectivity index is 1.79. The van der Waals surface area contributed by atoms with Crippen molar-refractivity contribution in [3.8, 4) is 0 Å². The molecule has 1 heterocycles. The number of benzene rings is 2. The fraction of sp³-hybridized carbons (Fsp3) is 0. The number of nitrogens with one attached hydrogen (secondary N) is 2. The molecule has 0 aliphatic carbocycles. The number of thiazole rings is 1. The average Bonchev–Trinajstić information content (AvgIpc) is 3.08. The second-order valence-electron chi connectivity index (χ2n) is 4.85. The van der Waals surface area contributed by atoms with Crippen molar-refractivity contribution in [3.05, 3.63) is 71.2 Å². The number of rotatable bonds is 5. The summed E-state index contributed by atoms with van der Waals surface area (Å²) < 4.78 is 0. The number of aromatic nitrogens is 1. The van der Waals surface area contributed by atoms with Crippen LogP contribution in [0, 0.1) is 0 Å². The zero-order valence-electron chi connectivity index (χ0n) is 12.4. The molecule has 6 nitrogen and oxygen atoms in total. The van der Waals surface area contributed by atoms with E-state index in [1.807, 2.05) is 11.4 Å². The zero-order valence-corrected chi connectivity index (χ0v) is 13.2. The number of amides is 1. The first kappa shape index (κ1) is 15.7. The number of anilines is 3. The van der Waals surface area contributed by atoms with Crippen molar-refractivity contribution < 1.29 is 14.7 Å². The predicted molar refractivity (Wildman–Crippen MR) is 93.2 cm³/mol. The number of carboxylic acids is 1. The lowest BCUT2D eigenvalue weighted by atomic mass is 10.1. The first-order valence-corrected chi connectivity index (χ1v) is 7.92. The molecule has 2 aromatic carbocycles. The smallest absolute Gasteiger partial charge is 0.337 e. The minimum atomic E-state index is -1.09. The summed E-state index contributed by atoms with van der Waals surface area (Å²) in [5, 5.41) is 17.5. The van der Waals surface area contributed by atoms with Gasteiger partial charge < -0.3 is 15.7 Å². The van der Waals surface area contributed by atoms with E-state index in [0.717, 1.165) is 10.8 Å². The Morgan fingerprint density at radius 2 is 1.92 bits per heavy atom. The van der Waals surface area contributed by atoms with Gasteiger partial charge in [-0.3, -0.25) is 4.79 Å². The minimum absolute atomic E-state index is 0.0444. The second-order valence-corrected chi connectivity index (χ2v) is 5.74. The summed E-state index contributed by atoms with van der Waals surface area (Å²) in [6, 6.07) is 13.2. The number of carbonyl (C=O) groups is 2. The number of carboxylic acid groups (broad SMARTS) is 1. The summed E-state index contributed by atoms with van der Waals surface area (Å²) >= 11 is 1.45. The third-order valence-electron chi connectivity index (χ3n) is 3.21. The lowest BCUT2D eigenvalue weighted by molar-refractivity contribution is 0.0698. The van der Waals surface area contributed by atoms with Crippen molar-refractivity contribution in [1.82, 2.24) is 4.98 Å². The van der Waals surface area contributed by atoms with Crippen LogP contribution >= 0.6 is 11.3 Å². The lowest BCUT2D eigenvalue weighted by Gasteiger charge is -2.09. The molecule has 0 aliphatic rings. The lowest BCUT2D eigenvalue weighted by Crippen LogP contribution is -2.14. The summed E-state index contributed by atoms with van der Waals surface area (Å²) in [5.74, 6) is -1.48. The third kappa shape index (κ3) is 3.58. The van der Waals surface area contributed by atoms with Gasteiger partial charge in [0.25, 0.3) is 5.91 Å². The van der Waals surface area contributed by atoms with Gasteiger partial charge in [-0.05, 0) is 30.3 Å². The average molecular weight is 339 g/mol. The van der Waals surface area contributed by atoms with Crippen molar-refractivity contribution in [1.29, 1.82) is 0 Å². The Morgan fingerprint density at radius 3 is 2.67 bits per heavy atom. The first-order chi connectivity index (χ1) is 11.6. The summed E-state index contributed by atoms with van der Waals surface area (Å²) in [6.45, 7) is 0. The maximum atomic E-state index is 12.4. The van der Waals surface area contributed by atoms with Crippen molar-refractivity contribution in [2.45, 2.75) is 0 Å². The normalized spacial score (nSPS) is 10.2. The van der Waals surface area contributed by atoms with Crippen LogP contribution in [0.5, 0.6) is 0 Å². The van der Waals surface area contributed by atoms with Crippen LogP contribution in [0.15, 0.2) is 60.1 Å². The maximum Gasteiger partial charge on any atom is 0.337 e. The molecule has 0 aliphatic heterocycles. The molecule has 120 valence electrons. The summed E-state index contributed by atoms with van der Waals surface area (Å²) in [4.78, 5) is 27.7. The molecular formula is C17H13N3O3S. The predicted octanol–water partition coefficient (Wildman–Crippen LogP) is 3.84. The van der Waals surface area contributed by atoms with E-state index in [-0.39, 0.29) is 17.2 Å². The molecule has 3 rings (SSSR count). The third-order valence-corrected chi connectivity index (χ3v) is 3.90. The molecule has 0 saturated carbocycles. The maximum absolute atomic E-state index is 12.4. The molecule has 24 heavy (non-hydrogen) atoms. The summed E-state index contributed by atoms with van der Waals surface area (Å²) in [5.41, 5.74) is 1.44. The van der Waals surface area contributed by atoms with E-state index in [9.17, 15) is 9.59 Å². The van der Waals surface area contributed by atoms with Gasteiger partial charge in [-0.1, -0.05) is 18.2 Å². The number of hydrogen-bond donors (Lipinski definition) is 3. The highest BCUT2D eigenvalue weighted by molar-refractivity contribution is 7.13. The number of carbonyl (C=O) groups excluding carboxylic acids is 1. The van der Waals surface area contributed by atoms with Crippen LogP contribution in [-0.4, -0.2) is 22.0 Å². The molecule has 7 heteroatoms. The Bertz CT molecular complexity index is 878. The van der Waals surface area contributed by atoms with Gasteiger partial charge in [0.2, 0.25) is 0 Å². The number of hydrogen-bond acceptors (Lipinski definition) is 5. The fourth-order valence-electron chi connectivity index (χ4n) is 2.12. The van der Waals surface area contributed by atoms with Gasteiger partial charge in [0.1, 0.15) is 0 Å². The van der Waals surface area contributed by atoms with Gasteiger partial charge >= 0.3 is 5.97 Å². The van der Waals surface area contributed by atoms with Crippen LogP contribution in [0.25, 0.3) is 0 Å². The molecule has 0 atom stereocenters. The molecule has 0 spiro atoms. The highest BCUT2D eigenvalue weighted by Crippen LogP contribution is 2.21. The topological polar surface area (TPSA) is 91.3 Å². The Hall–Kier alpha value is -3.19. The van der Waals surface area contributed by atoms with E-state index in [0.29, 0.717) is 5.56 Å². The largest absolute Gasteiger partial charge is 0.478 e. The summed E-state index contributed by atoms with van der Waals surface area (Å²) in [6.07, 6.45) is 1.69. The molecule has 0 saturated heterocycles. The zero-order chi connectivity index (χ0) is 16.9. The Kier molecular flexibility index (Phi) is 4.53. The van der Waals surface area contributed by atoms with E-state index >= 15 is 0 Å². The molecule has 0 unspecified atom stereocenters. The van der Waals surface area contributed by atoms with Crippen molar-refractivity contribution in [2.75, 3.05) is 10.6 Å². The van der Waals surface area contributed by atoms with Crippen LogP contribution in [0.1, 0.15) is 20.7 Å². The van der Waals surface area contributed by atoms with Gasteiger partial charge in [-0.2, -0.15) is 0 Å². The van der Waals surface area contributed by atoms with E-state index < -0.39 is 5.97 Å². The molecule has 0 fully saturated rings. The number of nitrogens with zero attached hydrogens (tertiary/aromatic N) is 1. The Labute approximate surface area is 141 Å². The first-order valence-electron chi connectivity index (χ1n) is 7.04. The van der Waals surface area contributed by atoms with Crippen LogP contribution in [0.4, 0.5) is 16.5 Å². The van der Waals surface area contributed by atoms with E-state index in [4.69, 9.17) is 5.11 Å². The van der Waals surface area contributed by atoms with Crippen LogP contribution in [-0.2, 0) is 0 Å². The van der Waals surface area contributed by atoms with Crippen LogP contribution < -0.4 is 10.6 Å². The van der Waals surface area contributed by atoms with Gasteiger partial charge in [-0.15, -0.1) is 11.3 Å². The highest BCUT2D eigenvalue weighted by Gasteiger charge is 2.13. The molecule has 1 amide bonds. The number of para-hydroxylation sites is 1. The molecule has 1 aromatic heterocycles. The SMILES string of the molecule is O=C(Nc1ccccc1C(=O)O)c1cccc(Nc2nccs2)c1. The molecule has 3 aromatic rings. The quantitative estimate of drug-likeness (QED) is 0.657. The van der Waals surface area contributed by atoms with Gasteiger partial charge in [0.05, 0.1) is 11.3 Å². The fourth-order valence-corrected chi connectivity index (χ4v) is 2.67. The second kappa shape index (κ2) is 6.93.